The molecule has 4 aromatic rings. The number of hydrogen-bond acceptors (Lipinski definition) is 8. The maximum atomic E-state index is 13.5. The fourth-order valence-corrected chi connectivity index (χ4v) is 5.37. The van der Waals surface area contributed by atoms with Gasteiger partial charge in [-0.3, -0.25) is 9.59 Å². The van der Waals surface area contributed by atoms with E-state index in [0.717, 1.165) is 55.4 Å². The molecule has 10 nitrogen and oxygen atoms in total. The van der Waals surface area contributed by atoms with Gasteiger partial charge in [0.2, 0.25) is 5.95 Å². The Morgan fingerprint density at radius 2 is 1.69 bits per heavy atom. The molecule has 0 bridgehead atoms. The lowest BCUT2D eigenvalue weighted by atomic mass is 10.0. The van der Waals surface area contributed by atoms with Crippen LogP contribution in [0.5, 0.6) is 0 Å². The minimum Gasteiger partial charge on any atom is -0.354 e. The predicted molar refractivity (Wildman–Crippen MR) is 165 cm³/mol. The van der Waals surface area contributed by atoms with E-state index in [1.165, 1.54) is 18.3 Å². The summed E-state index contributed by atoms with van der Waals surface area (Å²) in [6, 6.07) is 13.1. The number of rotatable bonds is 6. The van der Waals surface area contributed by atoms with E-state index >= 15 is 0 Å². The number of piperazine rings is 1. The second-order valence-electron chi connectivity index (χ2n) is 11.1. The number of carbonyl (C=O) groups is 2. The number of amides is 2. The topological polar surface area (TPSA) is 107 Å². The highest BCUT2D eigenvalue weighted by Gasteiger charge is 2.31. The number of alkyl halides is 3. The lowest BCUT2D eigenvalue weighted by Gasteiger charge is -2.33. The van der Waals surface area contributed by atoms with Crippen LogP contribution in [0.1, 0.15) is 37.5 Å². The van der Waals surface area contributed by atoms with Crippen molar-refractivity contribution in [2.45, 2.75) is 19.5 Å². The lowest BCUT2D eigenvalue weighted by molar-refractivity contribution is -0.137. The highest BCUT2D eigenvalue weighted by atomic mass is 19.4. The largest absolute Gasteiger partial charge is 0.416 e. The molecule has 2 aliphatic rings. The number of anilines is 5. The Morgan fingerprint density at radius 3 is 2.42 bits per heavy atom. The number of carbonyl (C=O) groups excluding carboxylic acids is 2. The minimum atomic E-state index is -4.56. The van der Waals surface area contributed by atoms with E-state index in [1.807, 2.05) is 19.1 Å². The molecular weight excluding hydrogens is 585 g/mol. The van der Waals surface area contributed by atoms with E-state index in [-0.39, 0.29) is 11.5 Å². The summed E-state index contributed by atoms with van der Waals surface area (Å²) in [5.41, 5.74) is 2.38. The molecular formula is C32H31F3N8O2. The molecule has 0 spiro atoms. The molecule has 13 heteroatoms. The Labute approximate surface area is 257 Å². The molecule has 2 amide bonds. The van der Waals surface area contributed by atoms with Crippen LogP contribution in [0.15, 0.2) is 67.0 Å². The van der Waals surface area contributed by atoms with Gasteiger partial charge in [-0.05, 0) is 62.0 Å². The average Bonchev–Trinajstić information content (AvgIpc) is 3.03. The molecule has 0 radical (unpaired) electrons. The number of halogens is 3. The first-order valence-corrected chi connectivity index (χ1v) is 14.5. The minimum absolute atomic E-state index is 0.127. The summed E-state index contributed by atoms with van der Waals surface area (Å²) in [4.78, 5) is 46.0. The molecule has 2 aliphatic heterocycles. The van der Waals surface area contributed by atoms with Crippen LogP contribution in [0.4, 0.5) is 42.0 Å². The molecule has 2 aromatic carbocycles. The smallest absolute Gasteiger partial charge is 0.354 e. The number of nitrogens with one attached hydrogen (secondary N) is 2. The van der Waals surface area contributed by atoms with E-state index in [1.54, 1.807) is 29.3 Å². The predicted octanol–water partition coefficient (Wildman–Crippen LogP) is 5.15. The number of nitrogens with zero attached hydrogens (tertiary/aromatic N) is 6. The molecule has 0 saturated carbocycles. The van der Waals surface area contributed by atoms with Crippen LogP contribution in [0, 0.1) is 6.92 Å². The third-order valence-corrected chi connectivity index (χ3v) is 7.96. The number of aryl methyl sites for hydroxylation is 1. The van der Waals surface area contributed by atoms with Gasteiger partial charge in [-0.2, -0.15) is 13.2 Å². The average molecular weight is 617 g/mol. The second-order valence-corrected chi connectivity index (χ2v) is 11.1. The number of likely N-dealkylation sites (N-methyl/N-ethyl adjacent to an activating group) is 1. The maximum absolute atomic E-state index is 13.5. The normalized spacial score (nSPS) is 15.5. The number of hydrogen-bond donors (Lipinski definition) is 2. The summed E-state index contributed by atoms with van der Waals surface area (Å²) in [7, 11) is 2.11. The van der Waals surface area contributed by atoms with Gasteiger partial charge < -0.3 is 25.3 Å². The zero-order chi connectivity index (χ0) is 31.7. The van der Waals surface area contributed by atoms with Crippen molar-refractivity contribution >= 4 is 40.6 Å². The Bertz CT molecular complexity index is 1740. The van der Waals surface area contributed by atoms with Crippen molar-refractivity contribution in [3.63, 3.8) is 0 Å². The number of pyridine rings is 1. The Balaban J connectivity index is 1.14. The third kappa shape index (κ3) is 6.58. The summed E-state index contributed by atoms with van der Waals surface area (Å²) in [5, 5.41) is 5.81. The molecule has 0 aliphatic carbocycles. The molecule has 0 unspecified atom stereocenters. The summed E-state index contributed by atoms with van der Waals surface area (Å²) >= 11 is 0. The highest BCUT2D eigenvalue weighted by molar-refractivity contribution is 6.09. The molecule has 6 rings (SSSR count). The van der Waals surface area contributed by atoms with Crippen molar-refractivity contribution in [1.29, 1.82) is 0 Å². The van der Waals surface area contributed by atoms with Gasteiger partial charge in [0.25, 0.3) is 11.8 Å². The van der Waals surface area contributed by atoms with Crippen LogP contribution >= 0.6 is 0 Å². The fraction of sp³-hybridized carbons (Fsp3) is 0.281. The first-order valence-electron chi connectivity index (χ1n) is 14.5. The quantitative estimate of drug-likeness (QED) is 0.307. The first kappa shape index (κ1) is 30.0. The summed E-state index contributed by atoms with van der Waals surface area (Å²) in [5.74, 6) is 0.300. The van der Waals surface area contributed by atoms with E-state index in [9.17, 15) is 22.8 Å². The maximum Gasteiger partial charge on any atom is 0.416 e. The molecule has 2 N–H and O–H groups in total. The van der Waals surface area contributed by atoms with Crippen LogP contribution < -0.4 is 20.4 Å². The summed E-state index contributed by atoms with van der Waals surface area (Å²) < 4.78 is 39.4. The molecule has 4 heterocycles. The Morgan fingerprint density at radius 1 is 0.911 bits per heavy atom. The number of fused-ring (bicyclic) bond motifs is 1. The van der Waals surface area contributed by atoms with Crippen molar-refractivity contribution in [3.05, 3.63) is 94.9 Å². The van der Waals surface area contributed by atoms with E-state index in [2.05, 4.69) is 42.4 Å². The standard InChI is InChI=1S/C32H31F3N8O2/c1-20-6-7-23(38-29(44)21-4-3-5-22(16-21)32(33,34)35)17-27(20)43-11-10-26-25(30(43)45)19-37-31(40-26)39-24-8-9-28(36-18-24)42-14-12-41(2)13-15-42/h3-9,16-19H,10-15H2,1-2H3,(H,38,44)(H,37,39,40). The molecule has 2 aromatic heterocycles. The van der Waals surface area contributed by atoms with Crippen LogP contribution in [-0.4, -0.2) is 71.4 Å². The fourth-order valence-electron chi connectivity index (χ4n) is 5.37. The van der Waals surface area contributed by atoms with Gasteiger partial charge in [-0.1, -0.05) is 12.1 Å². The van der Waals surface area contributed by atoms with E-state index in [0.29, 0.717) is 41.5 Å². The van der Waals surface area contributed by atoms with E-state index in [4.69, 9.17) is 0 Å². The van der Waals surface area contributed by atoms with Gasteiger partial charge in [0.05, 0.1) is 28.7 Å². The SMILES string of the molecule is Cc1ccc(NC(=O)c2cccc(C(F)(F)F)c2)cc1N1CCc2nc(Nc3ccc(N4CCN(C)CC4)nc3)ncc2C1=O. The Hall–Kier alpha value is -5.04. The molecule has 0 atom stereocenters. The van der Waals surface area contributed by atoms with Crippen molar-refractivity contribution in [3.8, 4) is 0 Å². The van der Waals surface area contributed by atoms with Gasteiger partial charge in [-0.15, -0.1) is 0 Å². The second kappa shape index (κ2) is 12.2. The third-order valence-electron chi connectivity index (χ3n) is 7.96. The van der Waals surface area contributed by atoms with Gasteiger partial charge in [0, 0.05) is 62.3 Å². The van der Waals surface area contributed by atoms with Gasteiger partial charge in [-0.25, -0.2) is 15.0 Å². The highest BCUT2D eigenvalue weighted by Crippen LogP contribution is 2.31. The van der Waals surface area contributed by atoms with Crippen molar-refractivity contribution < 1.29 is 22.8 Å². The Kier molecular flexibility index (Phi) is 8.11. The zero-order valence-corrected chi connectivity index (χ0v) is 24.7. The molecule has 1 fully saturated rings. The number of aromatic nitrogens is 3. The lowest BCUT2D eigenvalue weighted by Crippen LogP contribution is -2.44. The van der Waals surface area contributed by atoms with Crippen molar-refractivity contribution in [2.75, 3.05) is 60.2 Å². The van der Waals surface area contributed by atoms with Crippen LogP contribution in [0.2, 0.25) is 0 Å². The molecule has 232 valence electrons. The first-order chi connectivity index (χ1) is 21.5. The van der Waals surface area contributed by atoms with Crippen LogP contribution in [-0.2, 0) is 12.6 Å². The van der Waals surface area contributed by atoms with Crippen molar-refractivity contribution in [1.82, 2.24) is 19.9 Å². The van der Waals surface area contributed by atoms with Crippen LogP contribution in [0.3, 0.4) is 0 Å². The molecule has 45 heavy (non-hydrogen) atoms. The summed E-state index contributed by atoms with van der Waals surface area (Å²) in [6.07, 6.45) is -0.851. The van der Waals surface area contributed by atoms with Gasteiger partial charge >= 0.3 is 6.18 Å². The number of benzene rings is 2. The van der Waals surface area contributed by atoms with Gasteiger partial charge in [0.15, 0.2) is 0 Å². The van der Waals surface area contributed by atoms with Crippen molar-refractivity contribution in [2.24, 2.45) is 0 Å². The monoisotopic (exact) mass is 616 g/mol. The molecule has 1 saturated heterocycles. The van der Waals surface area contributed by atoms with E-state index < -0.39 is 17.6 Å². The van der Waals surface area contributed by atoms with Gasteiger partial charge in [0.1, 0.15) is 5.82 Å². The van der Waals surface area contributed by atoms with Crippen LogP contribution in [0.25, 0.3) is 0 Å². The summed E-state index contributed by atoms with van der Waals surface area (Å²) in [6.45, 7) is 6.01. The zero-order valence-electron chi connectivity index (χ0n) is 24.7.